The van der Waals surface area contributed by atoms with E-state index in [4.69, 9.17) is 10.6 Å². The van der Waals surface area contributed by atoms with Gasteiger partial charge in [0.25, 0.3) is 0 Å². The third-order valence-electron chi connectivity index (χ3n) is 2.55. The average Bonchev–Trinajstić information content (AvgIpc) is 2.18. The van der Waals surface area contributed by atoms with Crippen molar-refractivity contribution in [3.63, 3.8) is 0 Å². The molecule has 1 saturated heterocycles. The summed E-state index contributed by atoms with van der Waals surface area (Å²) in [7, 11) is 0. The Balaban J connectivity index is 2.06. The molecule has 0 spiro atoms. The van der Waals surface area contributed by atoms with Crippen molar-refractivity contribution in [2.24, 2.45) is 5.73 Å². The minimum absolute atomic E-state index is 0.0670. The van der Waals surface area contributed by atoms with Crippen LogP contribution in [0.1, 0.15) is 32.6 Å². The number of hydrogen-bond acceptors (Lipinski definition) is 4. The Bertz CT molecular complexity index is 193. The first-order chi connectivity index (χ1) is 7.18. The number of amides is 1. The summed E-state index contributed by atoms with van der Waals surface area (Å²) in [6, 6.07) is 0.804. The number of nitrogens with one attached hydrogen (secondary N) is 2. The zero-order valence-electron chi connectivity index (χ0n) is 9.29. The van der Waals surface area contributed by atoms with E-state index < -0.39 is 5.91 Å². The van der Waals surface area contributed by atoms with Gasteiger partial charge in [0.05, 0.1) is 0 Å². The van der Waals surface area contributed by atoms with E-state index >= 15 is 0 Å². The minimum Gasteiger partial charge on any atom is -0.368 e. The Labute approximate surface area is 90.7 Å². The van der Waals surface area contributed by atoms with Gasteiger partial charge in [0.1, 0.15) is 6.61 Å². The van der Waals surface area contributed by atoms with Gasteiger partial charge in [0.2, 0.25) is 5.91 Å². The second-order valence-corrected chi connectivity index (χ2v) is 4.16. The molecule has 0 saturated carbocycles. The first kappa shape index (κ1) is 12.4. The van der Waals surface area contributed by atoms with Crippen LogP contribution in [-0.2, 0) is 9.63 Å². The number of hydrogen-bond donors (Lipinski definition) is 3. The number of rotatable bonds is 6. The monoisotopic (exact) mass is 215 g/mol. The highest BCUT2D eigenvalue weighted by molar-refractivity contribution is 5.74. The lowest BCUT2D eigenvalue weighted by atomic mass is 9.99. The zero-order valence-corrected chi connectivity index (χ0v) is 9.29. The largest absolute Gasteiger partial charge is 0.368 e. The van der Waals surface area contributed by atoms with Gasteiger partial charge >= 0.3 is 0 Å². The molecular weight excluding hydrogens is 194 g/mol. The van der Waals surface area contributed by atoms with Crippen LogP contribution in [-0.4, -0.2) is 31.1 Å². The summed E-state index contributed by atoms with van der Waals surface area (Å²) in [5.41, 5.74) is 7.77. The van der Waals surface area contributed by atoms with Gasteiger partial charge in [-0.15, -0.1) is 0 Å². The van der Waals surface area contributed by atoms with E-state index in [2.05, 4.69) is 10.8 Å². The minimum atomic E-state index is -0.453. The topological polar surface area (TPSA) is 76.4 Å². The van der Waals surface area contributed by atoms with E-state index in [1.165, 1.54) is 19.3 Å². The van der Waals surface area contributed by atoms with Crippen LogP contribution in [0.4, 0.5) is 0 Å². The summed E-state index contributed by atoms with van der Waals surface area (Å²) in [5, 5.41) is 3.46. The highest BCUT2D eigenvalue weighted by atomic mass is 16.6. The SMILES string of the molecule is CC(CC1CCCCN1)NOCC(N)=O. The summed E-state index contributed by atoms with van der Waals surface area (Å²) in [6.07, 6.45) is 4.81. The maximum absolute atomic E-state index is 10.4. The van der Waals surface area contributed by atoms with E-state index in [-0.39, 0.29) is 12.6 Å². The van der Waals surface area contributed by atoms with Crippen molar-refractivity contribution < 1.29 is 9.63 Å². The second kappa shape index (κ2) is 6.76. The van der Waals surface area contributed by atoms with Gasteiger partial charge in [-0.25, -0.2) is 0 Å². The molecule has 0 aliphatic carbocycles. The molecule has 0 aromatic heterocycles. The normalized spacial score (nSPS) is 23.7. The van der Waals surface area contributed by atoms with Crippen molar-refractivity contribution in [2.45, 2.75) is 44.7 Å². The Morgan fingerprint density at radius 1 is 1.67 bits per heavy atom. The highest BCUT2D eigenvalue weighted by Gasteiger charge is 2.15. The molecule has 1 amide bonds. The Morgan fingerprint density at radius 2 is 2.47 bits per heavy atom. The molecule has 1 fully saturated rings. The van der Waals surface area contributed by atoms with E-state index in [0.717, 1.165) is 13.0 Å². The van der Waals surface area contributed by atoms with Gasteiger partial charge in [-0.1, -0.05) is 6.42 Å². The molecule has 0 aromatic rings. The fraction of sp³-hybridized carbons (Fsp3) is 0.900. The van der Waals surface area contributed by atoms with Crippen molar-refractivity contribution >= 4 is 5.91 Å². The summed E-state index contributed by atoms with van der Waals surface area (Å²) >= 11 is 0. The maximum atomic E-state index is 10.4. The molecule has 1 aliphatic rings. The number of piperidine rings is 1. The molecule has 0 bridgehead atoms. The van der Waals surface area contributed by atoms with Gasteiger partial charge < -0.3 is 11.1 Å². The standard InChI is InChI=1S/C10H21N3O2/c1-8(13-15-7-10(11)14)6-9-4-2-3-5-12-9/h8-9,12-13H,2-7H2,1H3,(H2,11,14). The Morgan fingerprint density at radius 3 is 3.07 bits per heavy atom. The van der Waals surface area contributed by atoms with Crippen LogP contribution < -0.4 is 16.5 Å². The van der Waals surface area contributed by atoms with Crippen LogP contribution in [0.3, 0.4) is 0 Å². The van der Waals surface area contributed by atoms with Gasteiger partial charge in [0, 0.05) is 12.1 Å². The van der Waals surface area contributed by atoms with Crippen LogP contribution in [0.5, 0.6) is 0 Å². The van der Waals surface area contributed by atoms with Crippen molar-refractivity contribution in [3.05, 3.63) is 0 Å². The Kier molecular flexibility index (Phi) is 5.60. The lowest BCUT2D eigenvalue weighted by Crippen LogP contribution is -2.40. The van der Waals surface area contributed by atoms with Crippen molar-refractivity contribution in [1.82, 2.24) is 10.8 Å². The molecule has 1 aliphatic heterocycles. The molecule has 0 aromatic carbocycles. The smallest absolute Gasteiger partial charge is 0.245 e. The van der Waals surface area contributed by atoms with Crippen LogP contribution >= 0.6 is 0 Å². The third kappa shape index (κ3) is 5.71. The number of hydroxylamine groups is 1. The summed E-state index contributed by atoms with van der Waals surface area (Å²) in [6.45, 7) is 3.08. The van der Waals surface area contributed by atoms with E-state index in [1.807, 2.05) is 6.92 Å². The molecule has 2 unspecified atom stereocenters. The average molecular weight is 215 g/mol. The maximum Gasteiger partial charge on any atom is 0.245 e. The van der Waals surface area contributed by atoms with Crippen molar-refractivity contribution in [2.75, 3.05) is 13.2 Å². The first-order valence-corrected chi connectivity index (χ1v) is 5.57. The predicted molar refractivity (Wildman–Crippen MR) is 58.0 cm³/mol. The second-order valence-electron chi connectivity index (χ2n) is 4.16. The molecule has 4 N–H and O–H groups in total. The van der Waals surface area contributed by atoms with Gasteiger partial charge in [0.15, 0.2) is 0 Å². The third-order valence-corrected chi connectivity index (χ3v) is 2.55. The van der Waals surface area contributed by atoms with Crippen LogP contribution in [0, 0.1) is 0 Å². The summed E-state index contributed by atoms with van der Waals surface area (Å²) < 4.78 is 0. The Hall–Kier alpha value is -0.650. The molecule has 5 heteroatoms. The van der Waals surface area contributed by atoms with Crippen LogP contribution in [0.15, 0.2) is 0 Å². The molecular formula is C10H21N3O2. The lowest BCUT2D eigenvalue weighted by Gasteiger charge is -2.26. The van der Waals surface area contributed by atoms with Crippen LogP contribution in [0.25, 0.3) is 0 Å². The van der Waals surface area contributed by atoms with Gasteiger partial charge in [-0.05, 0) is 32.7 Å². The predicted octanol–water partition coefficient (Wildman–Crippen LogP) is -0.0864. The summed E-state index contributed by atoms with van der Waals surface area (Å²) in [5.74, 6) is -0.453. The number of carbonyl (C=O) groups excluding carboxylic acids is 1. The van der Waals surface area contributed by atoms with Gasteiger partial charge in [-0.3, -0.25) is 9.63 Å². The number of primary amides is 1. The molecule has 1 rings (SSSR count). The first-order valence-electron chi connectivity index (χ1n) is 5.57. The number of nitrogens with two attached hydrogens (primary N) is 1. The fourth-order valence-electron chi connectivity index (χ4n) is 1.86. The molecule has 5 nitrogen and oxygen atoms in total. The molecule has 88 valence electrons. The zero-order chi connectivity index (χ0) is 11.1. The quantitative estimate of drug-likeness (QED) is 0.541. The van der Waals surface area contributed by atoms with Crippen molar-refractivity contribution in [1.29, 1.82) is 0 Å². The molecule has 2 atom stereocenters. The summed E-state index contributed by atoms with van der Waals surface area (Å²) in [4.78, 5) is 15.4. The highest BCUT2D eigenvalue weighted by Crippen LogP contribution is 2.11. The number of carbonyl (C=O) groups is 1. The molecule has 15 heavy (non-hydrogen) atoms. The fourth-order valence-corrected chi connectivity index (χ4v) is 1.86. The molecule has 0 radical (unpaired) electrons. The van der Waals surface area contributed by atoms with E-state index in [9.17, 15) is 4.79 Å². The van der Waals surface area contributed by atoms with Gasteiger partial charge in [-0.2, -0.15) is 5.48 Å². The van der Waals surface area contributed by atoms with Crippen LogP contribution in [0.2, 0.25) is 0 Å². The van der Waals surface area contributed by atoms with Crippen molar-refractivity contribution in [3.8, 4) is 0 Å². The van der Waals surface area contributed by atoms with E-state index in [1.54, 1.807) is 0 Å². The van der Waals surface area contributed by atoms with E-state index in [0.29, 0.717) is 6.04 Å². The molecule has 1 heterocycles. The lowest BCUT2D eigenvalue weighted by molar-refractivity contribution is -0.126.